The Balaban J connectivity index is 2.57. The SMILES string of the molecule is CCOC(=O)c1c(-c2ccc(Cl)cc2Cl)csc1NC=O. The van der Waals surface area contributed by atoms with Gasteiger partial charge in [-0.1, -0.05) is 29.3 Å². The summed E-state index contributed by atoms with van der Waals surface area (Å²) in [5.74, 6) is -0.510. The number of thiophene rings is 1. The molecule has 21 heavy (non-hydrogen) atoms. The number of benzene rings is 1. The van der Waals surface area contributed by atoms with Gasteiger partial charge < -0.3 is 10.1 Å². The quantitative estimate of drug-likeness (QED) is 0.643. The highest BCUT2D eigenvalue weighted by molar-refractivity contribution is 7.15. The number of hydrogen-bond donors (Lipinski definition) is 1. The predicted molar refractivity (Wildman–Crippen MR) is 85.4 cm³/mol. The van der Waals surface area contributed by atoms with Crippen LogP contribution in [-0.4, -0.2) is 19.0 Å². The van der Waals surface area contributed by atoms with Crippen molar-refractivity contribution in [1.29, 1.82) is 0 Å². The van der Waals surface area contributed by atoms with Crippen molar-refractivity contribution in [2.24, 2.45) is 0 Å². The summed E-state index contributed by atoms with van der Waals surface area (Å²) in [6.07, 6.45) is 0.516. The highest BCUT2D eigenvalue weighted by Gasteiger charge is 2.22. The monoisotopic (exact) mass is 343 g/mol. The molecule has 0 saturated carbocycles. The molecule has 0 aliphatic heterocycles. The van der Waals surface area contributed by atoms with E-state index in [4.69, 9.17) is 27.9 Å². The molecule has 0 radical (unpaired) electrons. The second kappa shape index (κ2) is 6.93. The summed E-state index contributed by atoms with van der Waals surface area (Å²) >= 11 is 13.3. The van der Waals surface area contributed by atoms with Crippen LogP contribution >= 0.6 is 34.5 Å². The summed E-state index contributed by atoms with van der Waals surface area (Å²) in [5, 5.41) is 5.59. The van der Waals surface area contributed by atoms with Crippen LogP contribution in [0.3, 0.4) is 0 Å². The van der Waals surface area contributed by atoms with Gasteiger partial charge >= 0.3 is 5.97 Å². The summed E-state index contributed by atoms with van der Waals surface area (Å²) in [7, 11) is 0. The highest BCUT2D eigenvalue weighted by atomic mass is 35.5. The van der Waals surface area contributed by atoms with Gasteiger partial charge in [0.25, 0.3) is 0 Å². The Kier molecular flexibility index (Phi) is 5.22. The lowest BCUT2D eigenvalue weighted by Crippen LogP contribution is -2.08. The van der Waals surface area contributed by atoms with E-state index in [0.717, 1.165) is 0 Å². The van der Waals surface area contributed by atoms with E-state index in [1.165, 1.54) is 11.3 Å². The molecule has 2 rings (SSSR count). The molecule has 110 valence electrons. The predicted octanol–water partition coefficient (Wildman–Crippen LogP) is 4.47. The first-order valence-electron chi connectivity index (χ1n) is 6.02. The molecule has 0 spiro atoms. The van der Waals surface area contributed by atoms with Gasteiger partial charge in [0.2, 0.25) is 6.41 Å². The average molecular weight is 344 g/mol. The Morgan fingerprint density at radius 3 is 2.76 bits per heavy atom. The zero-order valence-electron chi connectivity index (χ0n) is 11.0. The summed E-state index contributed by atoms with van der Waals surface area (Å²) in [5.41, 5.74) is 1.54. The summed E-state index contributed by atoms with van der Waals surface area (Å²) in [6.45, 7) is 1.95. The minimum atomic E-state index is -0.510. The van der Waals surface area contributed by atoms with Crippen LogP contribution in [0.5, 0.6) is 0 Å². The number of carbonyl (C=O) groups is 2. The lowest BCUT2D eigenvalue weighted by Gasteiger charge is -2.08. The van der Waals surface area contributed by atoms with E-state index in [-0.39, 0.29) is 12.2 Å². The molecule has 1 aromatic carbocycles. The van der Waals surface area contributed by atoms with Gasteiger partial charge in [0.15, 0.2) is 0 Å². The van der Waals surface area contributed by atoms with Crippen LogP contribution in [0.25, 0.3) is 11.1 Å². The number of rotatable bonds is 5. The molecule has 1 amide bonds. The third-order valence-corrected chi connectivity index (χ3v) is 4.14. The van der Waals surface area contributed by atoms with Crippen molar-refractivity contribution < 1.29 is 14.3 Å². The Morgan fingerprint density at radius 2 is 2.14 bits per heavy atom. The first-order valence-corrected chi connectivity index (χ1v) is 7.66. The fourth-order valence-electron chi connectivity index (χ4n) is 1.83. The van der Waals surface area contributed by atoms with Gasteiger partial charge in [0, 0.05) is 26.6 Å². The minimum absolute atomic E-state index is 0.239. The van der Waals surface area contributed by atoms with Gasteiger partial charge in [0.05, 0.1) is 6.61 Å². The van der Waals surface area contributed by atoms with Crippen molar-refractivity contribution in [2.45, 2.75) is 6.92 Å². The van der Waals surface area contributed by atoms with Crippen molar-refractivity contribution in [1.82, 2.24) is 0 Å². The molecule has 7 heteroatoms. The van der Waals surface area contributed by atoms with Crippen molar-refractivity contribution in [3.8, 4) is 11.1 Å². The van der Waals surface area contributed by atoms with Crippen molar-refractivity contribution in [3.63, 3.8) is 0 Å². The fraction of sp³-hybridized carbons (Fsp3) is 0.143. The molecule has 0 aliphatic carbocycles. The number of nitrogens with one attached hydrogen (secondary N) is 1. The number of carbonyl (C=O) groups excluding carboxylic acids is 2. The molecular formula is C14H11Cl2NO3S. The number of ether oxygens (including phenoxy) is 1. The van der Waals surface area contributed by atoms with E-state index in [1.807, 2.05) is 0 Å². The summed E-state index contributed by atoms with van der Waals surface area (Å²) < 4.78 is 5.04. The molecule has 0 aliphatic rings. The summed E-state index contributed by atoms with van der Waals surface area (Å²) in [6, 6.07) is 5.00. The maximum absolute atomic E-state index is 12.1. The first-order chi connectivity index (χ1) is 10.1. The van der Waals surface area contributed by atoms with Crippen LogP contribution < -0.4 is 5.32 Å². The largest absolute Gasteiger partial charge is 0.462 e. The third kappa shape index (κ3) is 3.37. The smallest absolute Gasteiger partial charge is 0.341 e. The summed E-state index contributed by atoms with van der Waals surface area (Å²) in [4.78, 5) is 22.8. The molecule has 1 heterocycles. The van der Waals surface area contributed by atoms with Crippen molar-refractivity contribution in [3.05, 3.63) is 39.2 Å². The molecular weight excluding hydrogens is 333 g/mol. The lowest BCUT2D eigenvalue weighted by atomic mass is 10.0. The number of hydrogen-bond acceptors (Lipinski definition) is 4. The Labute approximate surface area is 135 Å². The Hall–Kier alpha value is -1.56. The van der Waals surface area contributed by atoms with Gasteiger partial charge in [-0.25, -0.2) is 4.79 Å². The van der Waals surface area contributed by atoms with Gasteiger partial charge in [-0.05, 0) is 19.1 Å². The molecule has 0 fully saturated rings. The van der Waals surface area contributed by atoms with Gasteiger partial charge in [-0.2, -0.15) is 0 Å². The van der Waals surface area contributed by atoms with Crippen molar-refractivity contribution in [2.75, 3.05) is 11.9 Å². The second-order valence-electron chi connectivity index (χ2n) is 3.96. The topological polar surface area (TPSA) is 55.4 Å². The Morgan fingerprint density at radius 1 is 1.38 bits per heavy atom. The third-order valence-electron chi connectivity index (χ3n) is 2.68. The van der Waals surface area contributed by atoms with E-state index in [9.17, 15) is 9.59 Å². The lowest BCUT2D eigenvalue weighted by molar-refractivity contribution is -0.105. The van der Waals surface area contributed by atoms with Gasteiger partial charge in [0.1, 0.15) is 10.6 Å². The first kappa shape index (κ1) is 15.8. The van der Waals surface area contributed by atoms with Crippen LogP contribution in [0.1, 0.15) is 17.3 Å². The Bertz CT molecular complexity index is 685. The molecule has 0 unspecified atom stereocenters. The highest BCUT2D eigenvalue weighted by Crippen LogP contribution is 2.39. The van der Waals surface area contributed by atoms with Gasteiger partial charge in [-0.3, -0.25) is 4.79 Å². The molecule has 4 nitrogen and oxygen atoms in total. The maximum Gasteiger partial charge on any atom is 0.341 e. The van der Waals surface area contributed by atoms with E-state index in [0.29, 0.717) is 32.6 Å². The van der Waals surface area contributed by atoms with Gasteiger partial charge in [-0.15, -0.1) is 11.3 Å². The second-order valence-corrected chi connectivity index (χ2v) is 5.68. The molecule has 2 aromatic rings. The zero-order chi connectivity index (χ0) is 15.4. The van der Waals surface area contributed by atoms with Crippen LogP contribution in [0, 0.1) is 0 Å². The molecule has 0 saturated heterocycles. The van der Waals surface area contributed by atoms with Crippen LogP contribution in [0.2, 0.25) is 10.0 Å². The standard InChI is InChI=1S/C14H11Cl2NO3S/c1-2-20-14(19)12-10(6-21-13(12)17-7-18)9-4-3-8(15)5-11(9)16/h3-7H,2H2,1H3,(H,17,18). The molecule has 1 aromatic heterocycles. The van der Waals surface area contributed by atoms with Crippen molar-refractivity contribution >= 4 is 51.9 Å². The maximum atomic E-state index is 12.1. The van der Waals surface area contributed by atoms with E-state index in [1.54, 1.807) is 30.5 Å². The number of halogens is 2. The zero-order valence-corrected chi connectivity index (χ0v) is 13.3. The number of amides is 1. The fourth-order valence-corrected chi connectivity index (χ4v) is 3.25. The molecule has 0 atom stereocenters. The average Bonchev–Trinajstić information content (AvgIpc) is 2.83. The van der Waals surface area contributed by atoms with Crippen LogP contribution in [0.15, 0.2) is 23.6 Å². The van der Waals surface area contributed by atoms with E-state index >= 15 is 0 Å². The van der Waals surface area contributed by atoms with Crippen LogP contribution in [-0.2, 0) is 9.53 Å². The molecule has 1 N–H and O–H groups in total. The normalized spacial score (nSPS) is 10.2. The number of esters is 1. The van der Waals surface area contributed by atoms with Crippen LogP contribution in [0.4, 0.5) is 5.00 Å². The minimum Gasteiger partial charge on any atom is -0.462 e. The number of anilines is 1. The van der Waals surface area contributed by atoms with E-state index < -0.39 is 5.97 Å². The molecule has 0 bridgehead atoms. The van der Waals surface area contributed by atoms with E-state index in [2.05, 4.69) is 5.32 Å².